The SMILES string of the molecule is CCOC(=O)C1CCN(c2nc(C)cnc2C)CC1. The molecule has 0 saturated carbocycles. The van der Waals surface area contributed by atoms with Crippen LogP contribution in [0, 0.1) is 19.8 Å². The topological polar surface area (TPSA) is 55.3 Å². The molecule has 0 unspecified atom stereocenters. The Labute approximate surface area is 114 Å². The molecule has 19 heavy (non-hydrogen) atoms. The Morgan fingerprint density at radius 3 is 2.74 bits per heavy atom. The Balaban J connectivity index is 2.00. The fraction of sp³-hybridized carbons (Fsp3) is 0.643. The molecule has 0 bridgehead atoms. The van der Waals surface area contributed by atoms with Crippen molar-refractivity contribution < 1.29 is 9.53 Å². The van der Waals surface area contributed by atoms with Gasteiger partial charge in [0.25, 0.3) is 0 Å². The van der Waals surface area contributed by atoms with E-state index in [0.717, 1.165) is 43.1 Å². The van der Waals surface area contributed by atoms with Crippen LogP contribution in [0.2, 0.25) is 0 Å². The van der Waals surface area contributed by atoms with E-state index in [2.05, 4.69) is 14.9 Å². The van der Waals surface area contributed by atoms with E-state index in [1.165, 1.54) is 0 Å². The number of nitrogens with zero attached hydrogens (tertiary/aromatic N) is 3. The summed E-state index contributed by atoms with van der Waals surface area (Å²) in [4.78, 5) is 22.8. The molecule has 5 heteroatoms. The summed E-state index contributed by atoms with van der Waals surface area (Å²) in [6, 6.07) is 0. The molecule has 0 aromatic carbocycles. The van der Waals surface area contributed by atoms with Gasteiger partial charge in [0.2, 0.25) is 0 Å². The normalized spacial score (nSPS) is 16.5. The molecule has 0 aliphatic carbocycles. The Bertz CT molecular complexity index is 454. The summed E-state index contributed by atoms with van der Waals surface area (Å²) in [5, 5.41) is 0. The molecule has 0 spiro atoms. The lowest BCUT2D eigenvalue weighted by atomic mass is 9.97. The van der Waals surface area contributed by atoms with Crippen molar-refractivity contribution in [3.63, 3.8) is 0 Å². The highest BCUT2D eigenvalue weighted by Crippen LogP contribution is 2.24. The van der Waals surface area contributed by atoms with Crippen molar-refractivity contribution in [1.82, 2.24) is 9.97 Å². The van der Waals surface area contributed by atoms with Crippen molar-refractivity contribution in [3.05, 3.63) is 17.6 Å². The van der Waals surface area contributed by atoms with Crippen LogP contribution in [0.25, 0.3) is 0 Å². The standard InChI is InChI=1S/C14H21N3O2/c1-4-19-14(18)12-5-7-17(8-6-12)13-11(3)15-9-10(2)16-13/h9,12H,4-8H2,1-3H3. The van der Waals surface area contributed by atoms with E-state index in [9.17, 15) is 4.79 Å². The van der Waals surface area contributed by atoms with Crippen molar-refractivity contribution >= 4 is 11.8 Å². The average molecular weight is 263 g/mol. The van der Waals surface area contributed by atoms with E-state index in [1.807, 2.05) is 20.8 Å². The second kappa shape index (κ2) is 5.99. The molecular formula is C14H21N3O2. The van der Waals surface area contributed by atoms with Gasteiger partial charge in [0.05, 0.1) is 23.9 Å². The van der Waals surface area contributed by atoms with E-state index < -0.39 is 0 Å². The van der Waals surface area contributed by atoms with Gasteiger partial charge in [0.1, 0.15) is 5.82 Å². The van der Waals surface area contributed by atoms with Crippen LogP contribution in [0.1, 0.15) is 31.2 Å². The van der Waals surface area contributed by atoms with E-state index >= 15 is 0 Å². The Morgan fingerprint density at radius 2 is 2.11 bits per heavy atom. The Morgan fingerprint density at radius 1 is 1.42 bits per heavy atom. The van der Waals surface area contributed by atoms with Gasteiger partial charge in [-0.25, -0.2) is 4.98 Å². The van der Waals surface area contributed by atoms with E-state index in [1.54, 1.807) is 6.20 Å². The summed E-state index contributed by atoms with van der Waals surface area (Å²) in [5.41, 5.74) is 1.87. The largest absolute Gasteiger partial charge is 0.466 e. The fourth-order valence-corrected chi connectivity index (χ4v) is 2.41. The molecule has 1 saturated heterocycles. The van der Waals surface area contributed by atoms with Crippen molar-refractivity contribution in [1.29, 1.82) is 0 Å². The first-order valence-corrected chi connectivity index (χ1v) is 6.83. The maximum atomic E-state index is 11.7. The van der Waals surface area contributed by atoms with Gasteiger partial charge in [-0.15, -0.1) is 0 Å². The van der Waals surface area contributed by atoms with Crippen LogP contribution in [0.5, 0.6) is 0 Å². The molecule has 2 heterocycles. The first-order valence-electron chi connectivity index (χ1n) is 6.83. The lowest BCUT2D eigenvalue weighted by Gasteiger charge is -2.32. The minimum atomic E-state index is -0.0609. The molecule has 2 rings (SSSR count). The second-order valence-corrected chi connectivity index (χ2v) is 4.93. The first-order chi connectivity index (χ1) is 9.11. The quantitative estimate of drug-likeness (QED) is 0.779. The summed E-state index contributed by atoms with van der Waals surface area (Å²) < 4.78 is 5.08. The van der Waals surface area contributed by atoms with Crippen LogP contribution in [0.15, 0.2) is 6.20 Å². The molecule has 1 aliphatic rings. The second-order valence-electron chi connectivity index (χ2n) is 4.93. The first kappa shape index (κ1) is 13.8. The number of carbonyl (C=O) groups is 1. The molecule has 0 N–H and O–H groups in total. The van der Waals surface area contributed by atoms with Crippen molar-refractivity contribution in [2.75, 3.05) is 24.6 Å². The van der Waals surface area contributed by atoms with Gasteiger partial charge in [-0.3, -0.25) is 9.78 Å². The summed E-state index contributed by atoms with van der Waals surface area (Å²) >= 11 is 0. The molecule has 1 aliphatic heterocycles. The van der Waals surface area contributed by atoms with Gasteiger partial charge < -0.3 is 9.64 Å². The highest BCUT2D eigenvalue weighted by Gasteiger charge is 2.27. The maximum absolute atomic E-state index is 11.7. The number of carbonyl (C=O) groups excluding carboxylic acids is 1. The number of esters is 1. The zero-order chi connectivity index (χ0) is 13.8. The number of aryl methyl sites for hydroxylation is 2. The third-order valence-electron chi connectivity index (χ3n) is 3.47. The maximum Gasteiger partial charge on any atom is 0.309 e. The van der Waals surface area contributed by atoms with Crippen LogP contribution >= 0.6 is 0 Å². The molecule has 0 amide bonds. The Kier molecular flexibility index (Phi) is 4.35. The summed E-state index contributed by atoms with van der Waals surface area (Å²) in [6.07, 6.45) is 3.44. The molecule has 1 aromatic rings. The third kappa shape index (κ3) is 3.22. The molecule has 0 radical (unpaired) electrons. The summed E-state index contributed by atoms with van der Waals surface area (Å²) in [7, 11) is 0. The van der Waals surface area contributed by atoms with Crippen LogP contribution < -0.4 is 4.90 Å². The van der Waals surface area contributed by atoms with Crippen LogP contribution in [-0.4, -0.2) is 35.6 Å². The zero-order valence-electron chi connectivity index (χ0n) is 11.8. The predicted molar refractivity (Wildman–Crippen MR) is 73.1 cm³/mol. The van der Waals surface area contributed by atoms with E-state index in [4.69, 9.17) is 4.74 Å². The summed E-state index contributed by atoms with van der Waals surface area (Å²) in [6.45, 7) is 7.89. The fourth-order valence-electron chi connectivity index (χ4n) is 2.41. The van der Waals surface area contributed by atoms with Gasteiger partial charge in [-0.05, 0) is 33.6 Å². The molecule has 0 atom stereocenters. The van der Waals surface area contributed by atoms with Gasteiger partial charge in [-0.2, -0.15) is 0 Å². The molecule has 5 nitrogen and oxygen atoms in total. The van der Waals surface area contributed by atoms with E-state index in [-0.39, 0.29) is 11.9 Å². The number of rotatable bonds is 3. The Hall–Kier alpha value is -1.65. The van der Waals surface area contributed by atoms with Crippen molar-refractivity contribution in [2.24, 2.45) is 5.92 Å². The zero-order valence-corrected chi connectivity index (χ0v) is 11.8. The number of hydrogen-bond acceptors (Lipinski definition) is 5. The molecule has 1 fully saturated rings. The van der Waals surface area contributed by atoms with Crippen molar-refractivity contribution in [3.8, 4) is 0 Å². The predicted octanol–water partition coefficient (Wildman–Crippen LogP) is 1.87. The average Bonchev–Trinajstić information content (AvgIpc) is 2.42. The smallest absolute Gasteiger partial charge is 0.309 e. The van der Waals surface area contributed by atoms with Crippen molar-refractivity contribution in [2.45, 2.75) is 33.6 Å². The van der Waals surface area contributed by atoms with Gasteiger partial charge >= 0.3 is 5.97 Å². The van der Waals surface area contributed by atoms with Crippen LogP contribution in [-0.2, 0) is 9.53 Å². The third-order valence-corrected chi connectivity index (χ3v) is 3.47. The van der Waals surface area contributed by atoms with Crippen LogP contribution in [0.4, 0.5) is 5.82 Å². The molecular weight excluding hydrogens is 242 g/mol. The summed E-state index contributed by atoms with van der Waals surface area (Å²) in [5.74, 6) is 0.922. The lowest BCUT2D eigenvalue weighted by Crippen LogP contribution is -2.38. The number of piperidine rings is 1. The van der Waals surface area contributed by atoms with Gasteiger partial charge in [0, 0.05) is 19.3 Å². The monoisotopic (exact) mass is 263 g/mol. The number of hydrogen-bond donors (Lipinski definition) is 0. The minimum absolute atomic E-state index is 0.0364. The molecule has 1 aromatic heterocycles. The minimum Gasteiger partial charge on any atom is -0.466 e. The van der Waals surface area contributed by atoms with Crippen LogP contribution in [0.3, 0.4) is 0 Å². The highest BCUT2D eigenvalue weighted by molar-refractivity contribution is 5.72. The number of aromatic nitrogens is 2. The van der Waals surface area contributed by atoms with Gasteiger partial charge in [-0.1, -0.05) is 0 Å². The number of anilines is 1. The van der Waals surface area contributed by atoms with E-state index in [0.29, 0.717) is 6.61 Å². The number of ether oxygens (including phenoxy) is 1. The lowest BCUT2D eigenvalue weighted by molar-refractivity contribution is -0.148. The molecule has 104 valence electrons. The highest BCUT2D eigenvalue weighted by atomic mass is 16.5. The van der Waals surface area contributed by atoms with Gasteiger partial charge in [0.15, 0.2) is 0 Å².